The van der Waals surface area contributed by atoms with E-state index in [1.165, 1.54) is 0 Å². The minimum atomic E-state index is -0.121. The Balaban J connectivity index is 2.27. The molecular formula is C12H18ClNO2. The molecule has 0 fully saturated rings. The van der Waals surface area contributed by atoms with Crippen LogP contribution in [0.15, 0.2) is 18.3 Å². The molecule has 0 unspecified atom stereocenters. The second kappa shape index (κ2) is 6.06. The summed E-state index contributed by atoms with van der Waals surface area (Å²) in [6.07, 6.45) is 1.68. The Morgan fingerprint density at radius 1 is 1.25 bits per heavy atom. The van der Waals surface area contributed by atoms with E-state index in [4.69, 9.17) is 21.1 Å². The third-order valence-electron chi connectivity index (χ3n) is 1.82. The van der Waals surface area contributed by atoms with E-state index in [9.17, 15) is 0 Å². The van der Waals surface area contributed by atoms with Gasteiger partial charge in [-0.1, -0.05) is 0 Å². The zero-order valence-electron chi connectivity index (χ0n) is 10.00. The van der Waals surface area contributed by atoms with E-state index in [1.807, 2.05) is 32.9 Å². The van der Waals surface area contributed by atoms with E-state index >= 15 is 0 Å². The molecule has 0 atom stereocenters. The molecule has 1 aromatic rings. The molecule has 0 aliphatic heterocycles. The van der Waals surface area contributed by atoms with Crippen LogP contribution in [-0.4, -0.2) is 23.8 Å². The minimum absolute atomic E-state index is 0.121. The molecule has 16 heavy (non-hydrogen) atoms. The summed E-state index contributed by atoms with van der Waals surface area (Å²) in [6, 6.07) is 3.72. The molecule has 0 amide bonds. The largest absolute Gasteiger partial charge is 0.490 e. The molecule has 0 radical (unpaired) electrons. The van der Waals surface area contributed by atoms with Crippen LogP contribution in [0.4, 0.5) is 0 Å². The van der Waals surface area contributed by atoms with Crippen molar-refractivity contribution in [1.82, 2.24) is 4.98 Å². The Kier molecular flexibility index (Phi) is 5.03. The van der Waals surface area contributed by atoms with Gasteiger partial charge in [-0.25, -0.2) is 0 Å². The molecule has 4 heteroatoms. The summed E-state index contributed by atoms with van der Waals surface area (Å²) in [5, 5.41) is 0. The van der Waals surface area contributed by atoms with Crippen molar-refractivity contribution in [2.24, 2.45) is 0 Å². The second-order valence-electron chi connectivity index (χ2n) is 4.43. The van der Waals surface area contributed by atoms with Crippen LogP contribution in [0.1, 0.15) is 26.5 Å². The van der Waals surface area contributed by atoms with Gasteiger partial charge in [-0.3, -0.25) is 4.98 Å². The average Bonchev–Trinajstić information content (AvgIpc) is 2.24. The van der Waals surface area contributed by atoms with Gasteiger partial charge in [0.2, 0.25) is 0 Å². The molecular weight excluding hydrogens is 226 g/mol. The standard InChI is InChI=1S/C12H18ClNO2/c1-12(2,3)16-7-6-15-11-5-4-10(8-13)14-9-11/h4-5,9H,6-8H2,1-3H3. The monoisotopic (exact) mass is 243 g/mol. The maximum atomic E-state index is 5.63. The van der Waals surface area contributed by atoms with Crippen molar-refractivity contribution in [2.75, 3.05) is 13.2 Å². The number of hydrogen-bond donors (Lipinski definition) is 0. The third-order valence-corrected chi connectivity index (χ3v) is 2.10. The van der Waals surface area contributed by atoms with Crippen molar-refractivity contribution in [3.05, 3.63) is 24.0 Å². The lowest BCUT2D eigenvalue weighted by Gasteiger charge is -2.19. The van der Waals surface area contributed by atoms with Crippen LogP contribution in [0.3, 0.4) is 0 Å². The zero-order chi connectivity index (χ0) is 12.0. The predicted octanol–water partition coefficient (Wildman–Crippen LogP) is 3.01. The summed E-state index contributed by atoms with van der Waals surface area (Å²) < 4.78 is 11.0. The summed E-state index contributed by atoms with van der Waals surface area (Å²) in [5.74, 6) is 1.17. The van der Waals surface area contributed by atoms with Gasteiger partial charge in [0.1, 0.15) is 12.4 Å². The Morgan fingerprint density at radius 2 is 2.00 bits per heavy atom. The van der Waals surface area contributed by atoms with Gasteiger partial charge in [-0.2, -0.15) is 0 Å². The lowest BCUT2D eigenvalue weighted by Crippen LogP contribution is -2.22. The first-order valence-corrected chi connectivity index (χ1v) is 5.82. The van der Waals surface area contributed by atoms with E-state index < -0.39 is 0 Å². The first-order valence-electron chi connectivity index (χ1n) is 5.29. The first kappa shape index (κ1) is 13.3. The normalized spacial score (nSPS) is 11.5. The van der Waals surface area contributed by atoms with Crippen LogP contribution < -0.4 is 4.74 Å². The predicted molar refractivity (Wildman–Crippen MR) is 65.0 cm³/mol. The molecule has 0 aromatic carbocycles. The zero-order valence-corrected chi connectivity index (χ0v) is 10.8. The quantitative estimate of drug-likeness (QED) is 0.589. The molecule has 0 saturated heterocycles. The smallest absolute Gasteiger partial charge is 0.137 e. The van der Waals surface area contributed by atoms with Gasteiger partial charge >= 0.3 is 0 Å². The molecule has 0 saturated carbocycles. The topological polar surface area (TPSA) is 31.4 Å². The number of pyridine rings is 1. The van der Waals surface area contributed by atoms with Crippen molar-refractivity contribution < 1.29 is 9.47 Å². The van der Waals surface area contributed by atoms with Crippen LogP contribution in [0, 0.1) is 0 Å². The lowest BCUT2D eigenvalue weighted by atomic mass is 10.2. The maximum Gasteiger partial charge on any atom is 0.137 e. The number of rotatable bonds is 5. The van der Waals surface area contributed by atoms with Gasteiger partial charge in [-0.05, 0) is 32.9 Å². The molecule has 0 bridgehead atoms. The molecule has 1 rings (SSSR count). The summed E-state index contributed by atoms with van der Waals surface area (Å²) in [6.45, 7) is 7.15. The number of nitrogens with zero attached hydrogens (tertiary/aromatic N) is 1. The fraction of sp³-hybridized carbons (Fsp3) is 0.583. The Morgan fingerprint density at radius 3 is 2.50 bits per heavy atom. The Hall–Kier alpha value is -0.800. The van der Waals surface area contributed by atoms with Gasteiger partial charge in [0.05, 0.1) is 30.0 Å². The van der Waals surface area contributed by atoms with Crippen LogP contribution in [0.25, 0.3) is 0 Å². The lowest BCUT2D eigenvalue weighted by molar-refractivity contribution is -0.0163. The molecule has 1 heterocycles. The average molecular weight is 244 g/mol. The van der Waals surface area contributed by atoms with Crippen LogP contribution in [-0.2, 0) is 10.6 Å². The van der Waals surface area contributed by atoms with Crippen molar-refractivity contribution in [2.45, 2.75) is 32.3 Å². The summed E-state index contributed by atoms with van der Waals surface area (Å²) >= 11 is 5.63. The van der Waals surface area contributed by atoms with Gasteiger partial charge < -0.3 is 9.47 Å². The summed E-state index contributed by atoms with van der Waals surface area (Å²) in [7, 11) is 0. The molecule has 3 nitrogen and oxygen atoms in total. The van der Waals surface area contributed by atoms with Crippen molar-refractivity contribution in [1.29, 1.82) is 0 Å². The number of hydrogen-bond acceptors (Lipinski definition) is 3. The van der Waals surface area contributed by atoms with E-state index in [0.717, 1.165) is 11.4 Å². The number of ether oxygens (including phenoxy) is 2. The van der Waals surface area contributed by atoms with Gasteiger partial charge in [0.25, 0.3) is 0 Å². The summed E-state index contributed by atoms with van der Waals surface area (Å²) in [4.78, 5) is 4.13. The minimum Gasteiger partial charge on any atom is -0.490 e. The van der Waals surface area contributed by atoms with E-state index in [1.54, 1.807) is 6.20 Å². The Labute approximate surface area is 102 Å². The fourth-order valence-corrected chi connectivity index (χ4v) is 1.24. The molecule has 0 N–H and O–H groups in total. The number of aromatic nitrogens is 1. The number of alkyl halides is 1. The molecule has 0 aliphatic rings. The van der Waals surface area contributed by atoms with Gasteiger partial charge in [0.15, 0.2) is 0 Å². The molecule has 1 aromatic heterocycles. The number of halogens is 1. The van der Waals surface area contributed by atoms with Crippen LogP contribution in [0.5, 0.6) is 5.75 Å². The highest BCUT2D eigenvalue weighted by Crippen LogP contribution is 2.11. The Bertz CT molecular complexity index is 306. The third kappa shape index (κ3) is 5.33. The van der Waals surface area contributed by atoms with Gasteiger partial charge in [-0.15, -0.1) is 11.6 Å². The molecule has 90 valence electrons. The van der Waals surface area contributed by atoms with Crippen LogP contribution >= 0.6 is 11.6 Å². The van der Waals surface area contributed by atoms with Crippen LogP contribution in [0.2, 0.25) is 0 Å². The van der Waals surface area contributed by atoms with Gasteiger partial charge in [0, 0.05) is 0 Å². The second-order valence-corrected chi connectivity index (χ2v) is 4.70. The SMILES string of the molecule is CC(C)(C)OCCOc1ccc(CCl)nc1. The van der Waals surface area contributed by atoms with E-state index in [2.05, 4.69) is 4.98 Å². The van der Waals surface area contributed by atoms with Crippen molar-refractivity contribution in [3.63, 3.8) is 0 Å². The maximum absolute atomic E-state index is 5.63. The highest BCUT2D eigenvalue weighted by molar-refractivity contribution is 6.16. The highest BCUT2D eigenvalue weighted by atomic mass is 35.5. The summed E-state index contributed by atoms with van der Waals surface area (Å²) in [5.41, 5.74) is 0.726. The molecule has 0 spiro atoms. The van der Waals surface area contributed by atoms with Crippen molar-refractivity contribution in [3.8, 4) is 5.75 Å². The van der Waals surface area contributed by atoms with Crippen molar-refractivity contribution >= 4 is 11.6 Å². The van der Waals surface area contributed by atoms with E-state index in [-0.39, 0.29) is 5.60 Å². The highest BCUT2D eigenvalue weighted by Gasteiger charge is 2.09. The molecule has 0 aliphatic carbocycles. The fourth-order valence-electron chi connectivity index (χ4n) is 1.08. The first-order chi connectivity index (χ1) is 7.51. The van der Waals surface area contributed by atoms with E-state index in [0.29, 0.717) is 19.1 Å².